The monoisotopic (exact) mass is 399 g/mol. The van der Waals surface area contributed by atoms with Crippen LogP contribution in [0, 0.1) is 0 Å². The number of carbonyl (C=O) groups excluding carboxylic acids is 1. The van der Waals surface area contributed by atoms with Gasteiger partial charge in [0.05, 0.1) is 27.8 Å². The molecule has 0 bridgehead atoms. The summed E-state index contributed by atoms with van der Waals surface area (Å²) in [5.41, 5.74) is 10.8. The van der Waals surface area contributed by atoms with Gasteiger partial charge >= 0.3 is 0 Å². The van der Waals surface area contributed by atoms with Crippen molar-refractivity contribution in [2.75, 3.05) is 5.73 Å². The minimum Gasteiger partial charge on any atom is -0.399 e. The molecule has 1 amide bonds. The van der Waals surface area contributed by atoms with Gasteiger partial charge in [0.15, 0.2) is 0 Å². The van der Waals surface area contributed by atoms with Gasteiger partial charge in [0.25, 0.3) is 5.91 Å². The summed E-state index contributed by atoms with van der Waals surface area (Å²) in [6.45, 7) is 0.336. The Hall–Kier alpha value is -3.71. The van der Waals surface area contributed by atoms with Crippen LogP contribution in [0.4, 0.5) is 5.69 Å². The maximum atomic E-state index is 12.6. The van der Waals surface area contributed by atoms with Crippen LogP contribution in [0.1, 0.15) is 16.2 Å². The topological polar surface area (TPSA) is 96.7 Å². The first-order valence-corrected chi connectivity index (χ1v) is 9.96. The number of nitrogens with zero attached hydrogens (tertiary/aromatic N) is 2. The first-order valence-electron chi connectivity index (χ1n) is 9.14. The number of amides is 1. The number of hydrogen-bond acceptors (Lipinski definition) is 5. The van der Waals surface area contributed by atoms with Crippen molar-refractivity contribution in [1.29, 1.82) is 0 Å². The maximum absolute atomic E-state index is 12.6. The molecule has 0 aliphatic heterocycles. The van der Waals surface area contributed by atoms with Crippen LogP contribution in [0.5, 0.6) is 0 Å². The highest BCUT2D eigenvalue weighted by Gasteiger charge is 2.12. The Morgan fingerprint density at radius 1 is 1.00 bits per heavy atom. The van der Waals surface area contributed by atoms with E-state index in [1.165, 1.54) is 0 Å². The molecule has 2 heterocycles. The zero-order chi connectivity index (χ0) is 19.8. The van der Waals surface area contributed by atoms with Crippen molar-refractivity contribution in [3.63, 3.8) is 0 Å². The molecule has 29 heavy (non-hydrogen) atoms. The molecular weight excluding hydrogens is 382 g/mol. The summed E-state index contributed by atoms with van der Waals surface area (Å²) < 4.78 is 0.957. The lowest BCUT2D eigenvalue weighted by molar-refractivity contribution is 0.0950. The van der Waals surface area contributed by atoms with Gasteiger partial charge in [-0.15, -0.1) is 11.3 Å². The molecule has 6 nitrogen and oxygen atoms in total. The predicted molar refractivity (Wildman–Crippen MR) is 117 cm³/mol. The van der Waals surface area contributed by atoms with Crippen LogP contribution in [0.25, 0.3) is 31.8 Å². The number of nitrogens with two attached hydrogens (primary N) is 1. The lowest BCUT2D eigenvalue weighted by Gasteiger charge is -2.03. The molecule has 0 aliphatic carbocycles. The van der Waals surface area contributed by atoms with E-state index in [9.17, 15) is 4.79 Å². The van der Waals surface area contributed by atoms with E-state index in [-0.39, 0.29) is 5.91 Å². The Bertz CT molecular complexity index is 1320. The molecule has 5 aromatic rings. The van der Waals surface area contributed by atoms with Crippen molar-refractivity contribution in [3.8, 4) is 10.6 Å². The average Bonchev–Trinajstić information content (AvgIpc) is 3.35. The summed E-state index contributed by atoms with van der Waals surface area (Å²) in [5.74, 6) is 0.577. The van der Waals surface area contributed by atoms with Crippen LogP contribution in [0.15, 0.2) is 66.7 Å². The van der Waals surface area contributed by atoms with Crippen LogP contribution >= 0.6 is 11.3 Å². The first kappa shape index (κ1) is 17.4. The molecule has 0 fully saturated rings. The molecule has 7 heteroatoms. The number of fused-ring (bicyclic) bond motifs is 2. The van der Waals surface area contributed by atoms with Crippen LogP contribution in [-0.4, -0.2) is 20.9 Å². The zero-order valence-corrected chi connectivity index (χ0v) is 16.2. The number of nitrogen functional groups attached to an aromatic ring is 1. The summed E-state index contributed by atoms with van der Waals surface area (Å²) in [6, 6.07) is 21.0. The third kappa shape index (κ3) is 3.43. The number of para-hydroxylation sites is 2. The van der Waals surface area contributed by atoms with E-state index >= 15 is 0 Å². The molecule has 0 aliphatic rings. The van der Waals surface area contributed by atoms with Gasteiger partial charge in [-0.1, -0.05) is 24.3 Å². The van der Waals surface area contributed by atoms with E-state index in [1.807, 2.05) is 60.7 Å². The minimum absolute atomic E-state index is 0.147. The van der Waals surface area contributed by atoms with E-state index < -0.39 is 0 Å². The molecule has 0 spiro atoms. The number of benzene rings is 3. The van der Waals surface area contributed by atoms with E-state index in [1.54, 1.807) is 17.4 Å². The largest absolute Gasteiger partial charge is 0.399 e. The van der Waals surface area contributed by atoms with E-state index in [0.717, 1.165) is 37.6 Å². The number of rotatable bonds is 4. The molecular formula is C22H17N5OS. The fraction of sp³-hybridized carbons (Fsp3) is 0.0455. The Morgan fingerprint density at radius 2 is 1.90 bits per heavy atom. The second-order valence-electron chi connectivity index (χ2n) is 6.71. The van der Waals surface area contributed by atoms with Gasteiger partial charge < -0.3 is 16.0 Å². The number of nitrogens with one attached hydrogen (secondary N) is 2. The first-order chi connectivity index (χ1) is 14.2. The third-order valence-corrected chi connectivity index (χ3v) is 5.71. The number of H-pyrrole nitrogens is 1. The van der Waals surface area contributed by atoms with Gasteiger partial charge in [-0.05, 0) is 42.5 Å². The molecule has 4 N–H and O–H groups in total. The summed E-state index contributed by atoms with van der Waals surface area (Å²) in [4.78, 5) is 25.0. The van der Waals surface area contributed by atoms with Crippen LogP contribution in [0.3, 0.4) is 0 Å². The summed E-state index contributed by atoms with van der Waals surface area (Å²) in [7, 11) is 0. The maximum Gasteiger partial charge on any atom is 0.251 e. The van der Waals surface area contributed by atoms with E-state index in [2.05, 4.69) is 20.3 Å². The number of imidazole rings is 1. The highest BCUT2D eigenvalue weighted by atomic mass is 32.1. The Labute approximate surface area is 170 Å². The fourth-order valence-electron chi connectivity index (χ4n) is 3.22. The van der Waals surface area contributed by atoms with Gasteiger partial charge in [0.1, 0.15) is 10.8 Å². The smallest absolute Gasteiger partial charge is 0.251 e. The molecule has 5 rings (SSSR count). The summed E-state index contributed by atoms with van der Waals surface area (Å²) in [6.07, 6.45) is 0. The van der Waals surface area contributed by atoms with Gasteiger partial charge in [0, 0.05) is 16.8 Å². The Kier molecular flexibility index (Phi) is 4.22. The van der Waals surface area contributed by atoms with Crippen LogP contribution < -0.4 is 11.1 Å². The molecule has 3 aromatic carbocycles. The number of carbonyl (C=O) groups is 1. The van der Waals surface area contributed by atoms with E-state index in [4.69, 9.17) is 5.73 Å². The van der Waals surface area contributed by atoms with Gasteiger partial charge in [-0.3, -0.25) is 4.79 Å². The SMILES string of the molecule is Nc1cccc(-c2nc3ccc(C(=O)NCc4nc5ccccc5[nH]4)cc3s2)c1. The number of thiazole rings is 1. The van der Waals surface area contributed by atoms with Gasteiger partial charge in [-0.2, -0.15) is 0 Å². The van der Waals surface area contributed by atoms with Gasteiger partial charge in [-0.25, -0.2) is 9.97 Å². The lowest BCUT2D eigenvalue weighted by atomic mass is 10.2. The fourth-order valence-corrected chi connectivity index (χ4v) is 4.22. The van der Waals surface area contributed by atoms with Crippen molar-refractivity contribution < 1.29 is 4.79 Å². The normalized spacial score (nSPS) is 11.2. The number of hydrogen-bond donors (Lipinski definition) is 3. The van der Waals surface area contributed by atoms with E-state index in [0.29, 0.717) is 17.8 Å². The third-order valence-electron chi connectivity index (χ3n) is 4.64. The standard InChI is InChI=1S/C22H17N5OS/c23-15-5-3-4-14(10-15)22-27-18-9-8-13(11-19(18)29-22)21(28)24-12-20-25-16-6-1-2-7-17(16)26-20/h1-11H,12,23H2,(H,24,28)(H,25,26). The highest BCUT2D eigenvalue weighted by molar-refractivity contribution is 7.21. The minimum atomic E-state index is -0.147. The quantitative estimate of drug-likeness (QED) is 0.391. The summed E-state index contributed by atoms with van der Waals surface area (Å²) in [5, 5.41) is 3.80. The van der Waals surface area contributed by atoms with Crippen molar-refractivity contribution in [1.82, 2.24) is 20.3 Å². The molecule has 0 unspecified atom stereocenters. The molecule has 0 saturated carbocycles. The highest BCUT2D eigenvalue weighted by Crippen LogP contribution is 2.31. The van der Waals surface area contributed by atoms with Crippen molar-refractivity contribution in [2.45, 2.75) is 6.54 Å². The number of aromatic nitrogens is 3. The van der Waals surface area contributed by atoms with Crippen molar-refractivity contribution in [2.24, 2.45) is 0 Å². The average molecular weight is 399 g/mol. The Balaban J connectivity index is 1.36. The van der Waals surface area contributed by atoms with Crippen LogP contribution in [0.2, 0.25) is 0 Å². The molecule has 0 saturated heterocycles. The summed E-state index contributed by atoms with van der Waals surface area (Å²) >= 11 is 1.54. The molecule has 0 atom stereocenters. The molecule has 142 valence electrons. The van der Waals surface area contributed by atoms with Crippen molar-refractivity contribution in [3.05, 3.63) is 78.1 Å². The predicted octanol–water partition coefficient (Wildman–Crippen LogP) is 4.35. The lowest BCUT2D eigenvalue weighted by Crippen LogP contribution is -2.23. The second kappa shape index (κ2) is 7.03. The number of anilines is 1. The van der Waals surface area contributed by atoms with Gasteiger partial charge in [0.2, 0.25) is 0 Å². The zero-order valence-electron chi connectivity index (χ0n) is 15.3. The Morgan fingerprint density at radius 3 is 2.76 bits per heavy atom. The molecule has 2 aromatic heterocycles. The second-order valence-corrected chi connectivity index (χ2v) is 7.74. The van der Waals surface area contributed by atoms with Crippen molar-refractivity contribution >= 4 is 44.2 Å². The van der Waals surface area contributed by atoms with Crippen LogP contribution in [-0.2, 0) is 6.54 Å². The number of aromatic amines is 1. The molecule has 0 radical (unpaired) electrons.